The summed E-state index contributed by atoms with van der Waals surface area (Å²) in [6, 6.07) is 11.4. The maximum atomic E-state index is 13.1. The molecule has 0 saturated carbocycles. The number of ether oxygens (including phenoxy) is 1. The summed E-state index contributed by atoms with van der Waals surface area (Å²) >= 11 is 1.28. The maximum absolute atomic E-state index is 13.1. The minimum atomic E-state index is -4.47. The van der Waals surface area contributed by atoms with Crippen molar-refractivity contribution in [2.75, 3.05) is 30.3 Å². The number of nitrogens with zero attached hydrogens (tertiary/aromatic N) is 4. The fourth-order valence-electron chi connectivity index (χ4n) is 4.50. The number of piperidine rings is 1. The molecule has 2 amide bonds. The highest BCUT2D eigenvalue weighted by atomic mass is 32.1. The van der Waals surface area contributed by atoms with Gasteiger partial charge in [-0.25, -0.2) is 14.8 Å². The minimum absolute atomic E-state index is 0.0264. The van der Waals surface area contributed by atoms with Crippen molar-refractivity contribution in [3.8, 4) is 22.9 Å². The van der Waals surface area contributed by atoms with Gasteiger partial charge in [-0.15, -0.1) is 0 Å². The molecule has 3 N–H and O–H groups in total. The summed E-state index contributed by atoms with van der Waals surface area (Å²) in [5.41, 5.74) is 0.464. The van der Waals surface area contributed by atoms with Gasteiger partial charge in [0, 0.05) is 38.2 Å². The van der Waals surface area contributed by atoms with E-state index in [0.717, 1.165) is 29.7 Å². The van der Waals surface area contributed by atoms with Crippen molar-refractivity contribution in [2.45, 2.75) is 25.9 Å². The standard InChI is InChI=1S/C27H25F3N6O4S/c1-15(37)32-25-35-23-20(5-2-6-21(23)41-25)40-22-12-19(17-7-9-18(10-8-17)27(28,29)30)33-24(34-22)31-13-16-4-3-11-36(14-16)26(38)39/h2,5-10,12,16H,3-4,11,13-14H2,1H3,(H,38,39)(H,31,33,34)(H,32,35,37)/t16-/m1/s1. The number of fused-ring (bicyclic) bond motifs is 1. The molecule has 2 aromatic heterocycles. The van der Waals surface area contributed by atoms with Crippen LogP contribution in [0.3, 0.4) is 0 Å². The molecule has 0 radical (unpaired) electrons. The Morgan fingerprint density at radius 1 is 1.15 bits per heavy atom. The molecule has 1 saturated heterocycles. The molecule has 1 aliphatic rings. The van der Waals surface area contributed by atoms with Gasteiger partial charge in [0.2, 0.25) is 17.7 Å². The number of amides is 2. The lowest BCUT2D eigenvalue weighted by molar-refractivity contribution is -0.137. The van der Waals surface area contributed by atoms with Crippen molar-refractivity contribution in [3.63, 3.8) is 0 Å². The molecule has 214 valence electrons. The van der Waals surface area contributed by atoms with E-state index in [9.17, 15) is 27.9 Å². The van der Waals surface area contributed by atoms with E-state index < -0.39 is 17.8 Å². The lowest BCUT2D eigenvalue weighted by atomic mass is 9.98. The van der Waals surface area contributed by atoms with Crippen molar-refractivity contribution >= 4 is 44.6 Å². The lowest BCUT2D eigenvalue weighted by Gasteiger charge is -2.30. The number of hydrogen-bond donors (Lipinski definition) is 3. The number of para-hydroxylation sites is 1. The van der Waals surface area contributed by atoms with Crippen LogP contribution in [0.4, 0.5) is 29.0 Å². The van der Waals surface area contributed by atoms with Gasteiger partial charge in [0.25, 0.3) is 0 Å². The van der Waals surface area contributed by atoms with Crippen LogP contribution in [0.1, 0.15) is 25.3 Å². The Bertz CT molecular complexity index is 1580. The van der Waals surface area contributed by atoms with Gasteiger partial charge < -0.3 is 25.4 Å². The minimum Gasteiger partial charge on any atom is -0.465 e. The molecule has 2 aromatic carbocycles. The van der Waals surface area contributed by atoms with E-state index in [4.69, 9.17) is 4.74 Å². The van der Waals surface area contributed by atoms with Gasteiger partial charge in [-0.05, 0) is 43.0 Å². The summed E-state index contributed by atoms with van der Waals surface area (Å²) in [4.78, 5) is 37.7. The highest BCUT2D eigenvalue weighted by Crippen LogP contribution is 2.36. The number of nitrogens with one attached hydrogen (secondary N) is 2. The van der Waals surface area contributed by atoms with E-state index in [-0.39, 0.29) is 23.7 Å². The SMILES string of the molecule is CC(=O)Nc1nc2c(Oc3cc(-c4ccc(C(F)(F)F)cc4)nc(NC[C@H]4CCCN(C(=O)O)C4)n3)cccc2s1. The average molecular weight is 587 g/mol. The molecule has 0 spiro atoms. The monoisotopic (exact) mass is 586 g/mol. The highest BCUT2D eigenvalue weighted by Gasteiger charge is 2.30. The predicted molar refractivity (Wildman–Crippen MR) is 147 cm³/mol. The van der Waals surface area contributed by atoms with E-state index in [1.807, 2.05) is 6.07 Å². The number of carboxylic acid groups (broad SMARTS) is 1. The number of hydrogen-bond acceptors (Lipinski definition) is 8. The fraction of sp³-hybridized carbons (Fsp3) is 0.296. The summed E-state index contributed by atoms with van der Waals surface area (Å²) in [5, 5.41) is 15.5. The number of rotatable bonds is 7. The number of benzene rings is 2. The second kappa shape index (κ2) is 11.6. The largest absolute Gasteiger partial charge is 0.465 e. The van der Waals surface area contributed by atoms with Crippen LogP contribution < -0.4 is 15.4 Å². The van der Waals surface area contributed by atoms with Crippen LogP contribution >= 0.6 is 11.3 Å². The average Bonchev–Trinajstić information content (AvgIpc) is 3.34. The number of thiazole rings is 1. The van der Waals surface area contributed by atoms with E-state index in [1.165, 1.54) is 41.4 Å². The quantitative estimate of drug-likeness (QED) is 0.229. The molecule has 14 heteroatoms. The third-order valence-electron chi connectivity index (χ3n) is 6.43. The first kappa shape index (κ1) is 28.1. The number of carbonyl (C=O) groups excluding carboxylic acids is 1. The molecule has 1 fully saturated rings. The van der Waals surface area contributed by atoms with Gasteiger partial charge in [0.1, 0.15) is 5.52 Å². The van der Waals surface area contributed by atoms with Crippen LogP contribution in [0.5, 0.6) is 11.6 Å². The molecular weight excluding hydrogens is 561 g/mol. The number of aromatic nitrogens is 3. The van der Waals surface area contributed by atoms with Crippen LogP contribution in [0, 0.1) is 5.92 Å². The van der Waals surface area contributed by atoms with Gasteiger partial charge in [-0.1, -0.05) is 29.5 Å². The van der Waals surface area contributed by atoms with E-state index in [0.29, 0.717) is 47.3 Å². The van der Waals surface area contributed by atoms with Crippen LogP contribution in [0.2, 0.25) is 0 Å². The molecule has 3 heterocycles. The molecular formula is C27H25F3N6O4S. The summed E-state index contributed by atoms with van der Waals surface area (Å²) in [7, 11) is 0. The smallest absolute Gasteiger partial charge is 0.416 e. The number of likely N-dealkylation sites (tertiary alicyclic amines) is 1. The zero-order valence-electron chi connectivity index (χ0n) is 21.7. The van der Waals surface area contributed by atoms with Gasteiger partial charge in [-0.2, -0.15) is 18.2 Å². The number of anilines is 2. The highest BCUT2D eigenvalue weighted by molar-refractivity contribution is 7.22. The molecule has 4 aromatic rings. The maximum Gasteiger partial charge on any atom is 0.416 e. The Balaban J connectivity index is 1.45. The Morgan fingerprint density at radius 2 is 1.93 bits per heavy atom. The summed E-state index contributed by atoms with van der Waals surface area (Å²) in [6.07, 6.45) is -3.89. The topological polar surface area (TPSA) is 130 Å². The Hall–Kier alpha value is -4.46. The van der Waals surface area contributed by atoms with Crippen LogP contribution in [-0.2, 0) is 11.0 Å². The van der Waals surface area contributed by atoms with Gasteiger partial charge in [-0.3, -0.25) is 4.79 Å². The second-order valence-corrected chi connectivity index (χ2v) is 10.5. The summed E-state index contributed by atoms with van der Waals surface area (Å²) in [5.74, 6) is 0.425. The Morgan fingerprint density at radius 3 is 2.63 bits per heavy atom. The molecule has 1 aliphatic heterocycles. The molecule has 5 rings (SSSR count). The van der Waals surface area contributed by atoms with Crippen molar-refractivity contribution in [1.82, 2.24) is 19.9 Å². The van der Waals surface area contributed by atoms with Crippen LogP contribution in [0.25, 0.3) is 21.5 Å². The van der Waals surface area contributed by atoms with E-state index >= 15 is 0 Å². The van der Waals surface area contributed by atoms with Crippen molar-refractivity contribution in [3.05, 3.63) is 54.1 Å². The van der Waals surface area contributed by atoms with Crippen molar-refractivity contribution < 1.29 is 32.6 Å². The zero-order chi connectivity index (χ0) is 29.1. The number of alkyl halides is 3. The second-order valence-electron chi connectivity index (χ2n) is 9.51. The first-order valence-corrected chi connectivity index (χ1v) is 13.5. The molecule has 0 bridgehead atoms. The van der Waals surface area contributed by atoms with Gasteiger partial charge in [0.15, 0.2) is 10.9 Å². The third-order valence-corrected chi connectivity index (χ3v) is 7.36. The molecule has 1 atom stereocenters. The van der Waals surface area contributed by atoms with Crippen LogP contribution in [-0.4, -0.2) is 56.6 Å². The molecule has 0 unspecified atom stereocenters. The lowest BCUT2D eigenvalue weighted by Crippen LogP contribution is -2.41. The zero-order valence-corrected chi connectivity index (χ0v) is 22.6. The third kappa shape index (κ3) is 6.82. The predicted octanol–water partition coefficient (Wildman–Crippen LogP) is 6.32. The van der Waals surface area contributed by atoms with Gasteiger partial charge >= 0.3 is 12.3 Å². The molecule has 0 aliphatic carbocycles. The van der Waals surface area contributed by atoms with E-state index in [2.05, 4.69) is 25.6 Å². The van der Waals surface area contributed by atoms with Gasteiger partial charge in [0.05, 0.1) is 16.0 Å². The van der Waals surface area contributed by atoms with E-state index in [1.54, 1.807) is 12.1 Å². The summed E-state index contributed by atoms with van der Waals surface area (Å²) < 4.78 is 46.2. The Kier molecular flexibility index (Phi) is 7.92. The molecule has 10 nitrogen and oxygen atoms in total. The first-order chi connectivity index (χ1) is 19.5. The van der Waals surface area contributed by atoms with Crippen molar-refractivity contribution in [1.29, 1.82) is 0 Å². The normalized spacial score (nSPS) is 15.5. The van der Waals surface area contributed by atoms with Crippen LogP contribution in [0.15, 0.2) is 48.5 Å². The first-order valence-electron chi connectivity index (χ1n) is 12.7. The molecule has 41 heavy (non-hydrogen) atoms. The number of carbonyl (C=O) groups is 2. The van der Waals surface area contributed by atoms with Crippen molar-refractivity contribution in [2.24, 2.45) is 5.92 Å². The fourth-order valence-corrected chi connectivity index (χ4v) is 5.43. The Labute approximate surface area is 236 Å². The number of halogens is 3. The summed E-state index contributed by atoms with van der Waals surface area (Å²) in [6.45, 7) is 2.62.